The molecule has 0 fully saturated rings. The summed E-state index contributed by atoms with van der Waals surface area (Å²) in [5.74, 6) is -0.612. The van der Waals surface area contributed by atoms with Crippen LogP contribution in [0.15, 0.2) is 24.3 Å². The van der Waals surface area contributed by atoms with Crippen molar-refractivity contribution in [1.29, 1.82) is 0 Å². The minimum Gasteiger partial charge on any atom is -0.481 e. The van der Waals surface area contributed by atoms with Crippen LogP contribution in [0.3, 0.4) is 0 Å². The summed E-state index contributed by atoms with van der Waals surface area (Å²) in [5, 5.41) is 19.5. The van der Waals surface area contributed by atoms with E-state index < -0.39 is 10.9 Å². The van der Waals surface area contributed by atoms with Gasteiger partial charge in [0, 0.05) is 17.5 Å². The van der Waals surface area contributed by atoms with Crippen LogP contribution < -0.4 is 0 Å². The number of carboxylic acids is 1. The van der Waals surface area contributed by atoms with E-state index in [9.17, 15) is 14.9 Å². The molecule has 5 nitrogen and oxygen atoms in total. The second-order valence-electron chi connectivity index (χ2n) is 3.60. The van der Waals surface area contributed by atoms with Gasteiger partial charge in [0.15, 0.2) is 0 Å². The Balaban J connectivity index is 3.03. The third-order valence-corrected chi connectivity index (χ3v) is 2.45. The predicted octanol–water partition coefficient (Wildman–Crippen LogP) is 2.86. The van der Waals surface area contributed by atoms with Crippen LogP contribution in [0.5, 0.6) is 0 Å². The monoisotopic (exact) mass is 269 g/mol. The molecule has 1 aromatic carbocycles. The Morgan fingerprint density at radius 3 is 2.78 bits per heavy atom. The van der Waals surface area contributed by atoms with Crippen LogP contribution in [0, 0.1) is 10.1 Å². The molecule has 0 atom stereocenters. The number of halogens is 1. The molecule has 0 amide bonds. The van der Waals surface area contributed by atoms with E-state index in [-0.39, 0.29) is 17.7 Å². The van der Waals surface area contributed by atoms with Gasteiger partial charge < -0.3 is 5.11 Å². The standard InChI is InChI=1S/C12H12ClNO4/c13-6-2-1-3-9-4-5-10(8-12(15)16)11(7-9)14(17)18/h1,3-5,7H,2,6,8H2,(H,15,16). The van der Waals surface area contributed by atoms with Crippen molar-refractivity contribution in [2.24, 2.45) is 0 Å². The number of nitrogens with zero attached hydrogens (tertiary/aromatic N) is 1. The lowest BCUT2D eigenvalue weighted by Crippen LogP contribution is -2.03. The maximum atomic E-state index is 10.9. The predicted molar refractivity (Wildman–Crippen MR) is 68.8 cm³/mol. The largest absolute Gasteiger partial charge is 0.481 e. The first kappa shape index (κ1) is 14.2. The molecule has 0 radical (unpaired) electrons. The fourth-order valence-electron chi connectivity index (χ4n) is 1.45. The van der Waals surface area contributed by atoms with Crippen LogP contribution in [-0.4, -0.2) is 21.9 Å². The summed E-state index contributed by atoms with van der Waals surface area (Å²) in [5.41, 5.74) is 0.674. The molecule has 0 heterocycles. The first-order chi connectivity index (χ1) is 8.54. The van der Waals surface area contributed by atoms with E-state index in [1.54, 1.807) is 12.1 Å². The molecule has 0 saturated heterocycles. The van der Waals surface area contributed by atoms with Gasteiger partial charge in [0.2, 0.25) is 0 Å². The minimum absolute atomic E-state index is 0.176. The van der Waals surface area contributed by atoms with Crippen molar-refractivity contribution in [2.45, 2.75) is 12.8 Å². The number of hydrogen-bond acceptors (Lipinski definition) is 3. The lowest BCUT2D eigenvalue weighted by atomic mass is 10.1. The smallest absolute Gasteiger partial charge is 0.308 e. The lowest BCUT2D eigenvalue weighted by Gasteiger charge is -2.01. The van der Waals surface area contributed by atoms with Gasteiger partial charge in [0.05, 0.1) is 11.3 Å². The van der Waals surface area contributed by atoms with Crippen molar-refractivity contribution in [3.8, 4) is 0 Å². The average molecular weight is 270 g/mol. The highest BCUT2D eigenvalue weighted by atomic mass is 35.5. The van der Waals surface area contributed by atoms with Crippen molar-refractivity contribution in [3.05, 3.63) is 45.5 Å². The summed E-state index contributed by atoms with van der Waals surface area (Å²) in [6.45, 7) is 0. The molecular weight excluding hydrogens is 258 g/mol. The lowest BCUT2D eigenvalue weighted by molar-refractivity contribution is -0.385. The van der Waals surface area contributed by atoms with E-state index in [0.717, 1.165) is 0 Å². The van der Waals surface area contributed by atoms with Crippen LogP contribution in [0.4, 0.5) is 5.69 Å². The van der Waals surface area contributed by atoms with E-state index in [1.165, 1.54) is 12.1 Å². The van der Waals surface area contributed by atoms with E-state index in [1.807, 2.05) is 6.08 Å². The highest BCUT2D eigenvalue weighted by Gasteiger charge is 2.16. The second kappa shape index (κ2) is 6.76. The molecule has 0 aromatic heterocycles. The summed E-state index contributed by atoms with van der Waals surface area (Å²) < 4.78 is 0. The molecule has 1 rings (SSSR count). The molecule has 0 aliphatic rings. The van der Waals surface area contributed by atoms with Crippen LogP contribution >= 0.6 is 11.6 Å². The van der Waals surface area contributed by atoms with E-state index in [0.29, 0.717) is 17.9 Å². The Bertz CT molecular complexity index is 485. The van der Waals surface area contributed by atoms with Gasteiger partial charge in [0.1, 0.15) is 0 Å². The van der Waals surface area contributed by atoms with Crippen LogP contribution in [0.2, 0.25) is 0 Å². The molecule has 96 valence electrons. The van der Waals surface area contributed by atoms with E-state index in [2.05, 4.69) is 0 Å². The maximum Gasteiger partial charge on any atom is 0.308 e. The summed E-state index contributed by atoms with van der Waals surface area (Å²) in [6, 6.07) is 4.48. The highest BCUT2D eigenvalue weighted by molar-refractivity contribution is 6.17. The number of rotatable bonds is 6. The zero-order valence-electron chi connectivity index (χ0n) is 9.51. The molecule has 0 unspecified atom stereocenters. The van der Waals surface area contributed by atoms with Crippen LogP contribution in [0.1, 0.15) is 17.5 Å². The number of alkyl halides is 1. The fraction of sp³-hybridized carbons (Fsp3) is 0.250. The SMILES string of the molecule is O=C(O)Cc1ccc(C=CCCCl)cc1[N+](=O)[O-]. The van der Waals surface area contributed by atoms with E-state index in [4.69, 9.17) is 16.7 Å². The van der Waals surface area contributed by atoms with Gasteiger partial charge in [-0.2, -0.15) is 0 Å². The Morgan fingerprint density at radius 1 is 1.50 bits per heavy atom. The van der Waals surface area contributed by atoms with Gasteiger partial charge in [-0.3, -0.25) is 14.9 Å². The van der Waals surface area contributed by atoms with Crippen molar-refractivity contribution < 1.29 is 14.8 Å². The summed E-state index contributed by atoms with van der Waals surface area (Å²) in [6.07, 6.45) is 3.84. The molecule has 1 aromatic rings. The number of allylic oxidation sites excluding steroid dienone is 1. The summed E-state index contributed by atoms with van der Waals surface area (Å²) >= 11 is 5.51. The van der Waals surface area contributed by atoms with Crippen LogP contribution in [0.25, 0.3) is 6.08 Å². The number of aliphatic carboxylic acids is 1. The van der Waals surface area contributed by atoms with Crippen molar-refractivity contribution in [3.63, 3.8) is 0 Å². The molecule has 0 saturated carbocycles. The second-order valence-corrected chi connectivity index (χ2v) is 3.97. The Morgan fingerprint density at radius 2 is 2.22 bits per heavy atom. The summed E-state index contributed by atoms with van der Waals surface area (Å²) in [4.78, 5) is 20.9. The van der Waals surface area contributed by atoms with Gasteiger partial charge in [-0.1, -0.05) is 24.3 Å². The average Bonchev–Trinajstić information content (AvgIpc) is 2.30. The Kier molecular flexibility index (Phi) is 5.32. The van der Waals surface area contributed by atoms with Crippen LogP contribution in [-0.2, 0) is 11.2 Å². The molecular formula is C12H12ClNO4. The number of benzene rings is 1. The van der Waals surface area contributed by atoms with Gasteiger partial charge in [-0.15, -0.1) is 11.6 Å². The van der Waals surface area contributed by atoms with E-state index >= 15 is 0 Å². The first-order valence-corrected chi connectivity index (χ1v) is 5.79. The van der Waals surface area contributed by atoms with Gasteiger partial charge in [0.25, 0.3) is 5.69 Å². The number of carboxylic acid groups (broad SMARTS) is 1. The molecule has 0 bridgehead atoms. The third-order valence-electron chi connectivity index (χ3n) is 2.23. The number of hydrogen-bond donors (Lipinski definition) is 1. The molecule has 0 aliphatic carbocycles. The van der Waals surface area contributed by atoms with Gasteiger partial charge >= 0.3 is 5.97 Å². The quantitative estimate of drug-likeness (QED) is 0.489. The minimum atomic E-state index is -1.09. The molecule has 1 N–H and O–H groups in total. The molecule has 0 aliphatic heterocycles. The normalized spacial score (nSPS) is 10.7. The molecule has 6 heteroatoms. The Hall–Kier alpha value is -1.88. The topological polar surface area (TPSA) is 80.4 Å². The van der Waals surface area contributed by atoms with Gasteiger partial charge in [-0.05, 0) is 12.0 Å². The fourth-order valence-corrected chi connectivity index (χ4v) is 1.58. The summed E-state index contributed by atoms with van der Waals surface area (Å²) in [7, 11) is 0. The van der Waals surface area contributed by atoms with Crippen molar-refractivity contribution in [1.82, 2.24) is 0 Å². The number of nitro groups is 1. The van der Waals surface area contributed by atoms with Gasteiger partial charge in [-0.25, -0.2) is 0 Å². The maximum absolute atomic E-state index is 10.9. The molecule has 0 spiro atoms. The molecule has 18 heavy (non-hydrogen) atoms. The zero-order chi connectivity index (χ0) is 13.5. The highest BCUT2D eigenvalue weighted by Crippen LogP contribution is 2.21. The first-order valence-electron chi connectivity index (χ1n) is 5.26. The van der Waals surface area contributed by atoms with Crippen molar-refractivity contribution >= 4 is 29.3 Å². The van der Waals surface area contributed by atoms with Crippen molar-refractivity contribution in [2.75, 3.05) is 5.88 Å². The third kappa shape index (κ3) is 4.18. The number of nitro benzene ring substituents is 1. The number of carbonyl (C=O) groups is 1. The zero-order valence-corrected chi connectivity index (χ0v) is 10.3. The Labute approximate surface area is 109 Å².